The van der Waals surface area contributed by atoms with Crippen molar-refractivity contribution in [3.05, 3.63) is 78.1 Å². The summed E-state index contributed by atoms with van der Waals surface area (Å²) in [7, 11) is -3.53. The lowest BCUT2D eigenvalue weighted by Gasteiger charge is -2.27. The van der Waals surface area contributed by atoms with Crippen LogP contribution in [0.25, 0.3) is 22.0 Å². The fourth-order valence-corrected chi connectivity index (χ4v) is 4.76. The standard InChI is InChI=1S/C25H24N4O4S/c1-34(31,32)28-20-14-18(21-3-2-4-23-22(21)6-8-26-23)13-19(15-20)25(30)17-5-7-27-24(16-17)29-9-11-33-12-10-29/h2-8,13-16,26,28H,9-12H2,1H3. The number of carbonyl (C=O) groups is 1. The highest BCUT2D eigenvalue weighted by atomic mass is 32.2. The zero-order valence-electron chi connectivity index (χ0n) is 18.6. The number of hydrogen-bond donors (Lipinski definition) is 2. The molecule has 0 aliphatic carbocycles. The summed E-state index contributed by atoms with van der Waals surface area (Å²) < 4.78 is 31.9. The molecule has 2 aromatic heterocycles. The van der Waals surface area contributed by atoms with Crippen molar-refractivity contribution in [3.8, 4) is 11.1 Å². The number of pyridine rings is 1. The normalized spacial score (nSPS) is 14.3. The smallest absolute Gasteiger partial charge is 0.229 e. The van der Waals surface area contributed by atoms with Gasteiger partial charge >= 0.3 is 0 Å². The third kappa shape index (κ3) is 4.66. The Morgan fingerprint density at radius 1 is 1.06 bits per heavy atom. The molecule has 0 unspecified atom stereocenters. The Bertz CT molecular complexity index is 1470. The number of ketones is 1. The van der Waals surface area contributed by atoms with E-state index < -0.39 is 10.0 Å². The first-order chi connectivity index (χ1) is 16.4. The molecule has 2 N–H and O–H groups in total. The van der Waals surface area contributed by atoms with Gasteiger partial charge in [0, 0.05) is 53.2 Å². The molecule has 174 valence electrons. The van der Waals surface area contributed by atoms with Gasteiger partial charge < -0.3 is 14.6 Å². The van der Waals surface area contributed by atoms with Gasteiger partial charge in [0.25, 0.3) is 0 Å². The van der Waals surface area contributed by atoms with E-state index in [1.165, 1.54) is 0 Å². The van der Waals surface area contributed by atoms with E-state index in [9.17, 15) is 13.2 Å². The van der Waals surface area contributed by atoms with Gasteiger partial charge in [-0.2, -0.15) is 0 Å². The zero-order chi connectivity index (χ0) is 23.7. The van der Waals surface area contributed by atoms with Gasteiger partial charge in [-0.3, -0.25) is 9.52 Å². The molecule has 1 fully saturated rings. The molecule has 5 rings (SSSR count). The zero-order valence-corrected chi connectivity index (χ0v) is 19.4. The van der Waals surface area contributed by atoms with Crippen molar-refractivity contribution in [3.63, 3.8) is 0 Å². The molecule has 8 nitrogen and oxygen atoms in total. The van der Waals surface area contributed by atoms with Gasteiger partial charge in [0.15, 0.2) is 5.78 Å². The molecule has 0 spiro atoms. The summed E-state index contributed by atoms with van der Waals surface area (Å²) >= 11 is 0. The second kappa shape index (κ2) is 8.92. The van der Waals surface area contributed by atoms with Crippen LogP contribution >= 0.6 is 0 Å². The Morgan fingerprint density at radius 2 is 1.88 bits per heavy atom. The first-order valence-corrected chi connectivity index (χ1v) is 12.8. The van der Waals surface area contributed by atoms with Crippen molar-refractivity contribution >= 4 is 38.2 Å². The minimum atomic E-state index is -3.53. The maximum Gasteiger partial charge on any atom is 0.229 e. The predicted octanol–water partition coefficient (Wildman–Crippen LogP) is 3.67. The monoisotopic (exact) mass is 476 g/mol. The number of fused-ring (bicyclic) bond motifs is 1. The van der Waals surface area contributed by atoms with Crippen LogP contribution in [0.5, 0.6) is 0 Å². The maximum atomic E-state index is 13.5. The van der Waals surface area contributed by atoms with E-state index in [1.807, 2.05) is 30.5 Å². The van der Waals surface area contributed by atoms with Gasteiger partial charge in [-0.1, -0.05) is 12.1 Å². The van der Waals surface area contributed by atoms with Crippen molar-refractivity contribution in [1.82, 2.24) is 9.97 Å². The lowest BCUT2D eigenvalue weighted by molar-refractivity contribution is 0.103. The summed E-state index contributed by atoms with van der Waals surface area (Å²) in [5.74, 6) is 0.508. The molecule has 9 heteroatoms. The van der Waals surface area contributed by atoms with E-state index in [0.29, 0.717) is 43.1 Å². The molecule has 34 heavy (non-hydrogen) atoms. The van der Waals surface area contributed by atoms with Gasteiger partial charge in [-0.05, 0) is 53.6 Å². The molecule has 0 radical (unpaired) electrons. The number of carbonyl (C=O) groups excluding carboxylic acids is 1. The Kier molecular flexibility index (Phi) is 5.80. The Hall–Kier alpha value is -3.69. The Labute approximate surface area is 197 Å². The molecule has 0 bridgehead atoms. The van der Waals surface area contributed by atoms with Crippen molar-refractivity contribution in [1.29, 1.82) is 0 Å². The summed E-state index contributed by atoms with van der Waals surface area (Å²) in [4.78, 5) is 23.2. The fraction of sp³-hybridized carbons (Fsp3) is 0.200. The SMILES string of the molecule is CS(=O)(=O)Nc1cc(C(=O)c2ccnc(N3CCOCC3)c2)cc(-c2cccc3[nH]ccc23)c1. The average molecular weight is 477 g/mol. The van der Waals surface area contributed by atoms with Crippen LogP contribution in [0.3, 0.4) is 0 Å². The van der Waals surface area contributed by atoms with Crippen LogP contribution in [-0.4, -0.2) is 56.7 Å². The quantitative estimate of drug-likeness (QED) is 0.412. The average Bonchev–Trinajstić information content (AvgIpc) is 3.32. The number of aromatic amines is 1. The van der Waals surface area contributed by atoms with Crippen LogP contribution in [0.2, 0.25) is 0 Å². The van der Waals surface area contributed by atoms with Crippen LogP contribution in [0.15, 0.2) is 67.0 Å². The molecule has 0 amide bonds. The van der Waals surface area contributed by atoms with Crippen LogP contribution in [0.1, 0.15) is 15.9 Å². The van der Waals surface area contributed by atoms with E-state index in [2.05, 4.69) is 19.6 Å². The molecule has 1 saturated heterocycles. The van der Waals surface area contributed by atoms with Crippen LogP contribution in [-0.2, 0) is 14.8 Å². The molecule has 4 aromatic rings. The highest BCUT2D eigenvalue weighted by Gasteiger charge is 2.18. The minimum Gasteiger partial charge on any atom is -0.378 e. The van der Waals surface area contributed by atoms with Gasteiger partial charge in [-0.25, -0.2) is 13.4 Å². The summed E-state index contributed by atoms with van der Waals surface area (Å²) in [6.07, 6.45) is 4.56. The number of ether oxygens (including phenoxy) is 1. The summed E-state index contributed by atoms with van der Waals surface area (Å²) in [5.41, 5.74) is 3.79. The number of aromatic nitrogens is 2. The third-order valence-electron chi connectivity index (χ3n) is 5.75. The second-order valence-corrected chi connectivity index (χ2v) is 10.00. The van der Waals surface area contributed by atoms with E-state index in [0.717, 1.165) is 34.1 Å². The summed E-state index contributed by atoms with van der Waals surface area (Å²) in [6.45, 7) is 2.66. The lowest BCUT2D eigenvalue weighted by Crippen LogP contribution is -2.36. The first kappa shape index (κ1) is 22.1. The van der Waals surface area contributed by atoms with Crippen molar-refractivity contribution in [2.75, 3.05) is 42.2 Å². The Balaban J connectivity index is 1.58. The Morgan fingerprint density at radius 3 is 2.68 bits per heavy atom. The van der Waals surface area contributed by atoms with E-state index in [1.54, 1.807) is 36.5 Å². The van der Waals surface area contributed by atoms with Gasteiger partial charge in [-0.15, -0.1) is 0 Å². The van der Waals surface area contributed by atoms with E-state index >= 15 is 0 Å². The highest BCUT2D eigenvalue weighted by molar-refractivity contribution is 7.92. The maximum absolute atomic E-state index is 13.5. The first-order valence-electron chi connectivity index (χ1n) is 10.9. The van der Waals surface area contributed by atoms with Crippen LogP contribution in [0, 0.1) is 0 Å². The number of anilines is 2. The molecule has 2 aromatic carbocycles. The number of nitrogens with zero attached hydrogens (tertiary/aromatic N) is 2. The number of H-pyrrole nitrogens is 1. The molecule has 3 heterocycles. The number of rotatable bonds is 6. The molecule has 1 aliphatic heterocycles. The van der Waals surface area contributed by atoms with Gasteiger partial charge in [0.05, 0.1) is 19.5 Å². The second-order valence-electron chi connectivity index (χ2n) is 8.25. The predicted molar refractivity (Wildman–Crippen MR) is 133 cm³/mol. The largest absolute Gasteiger partial charge is 0.378 e. The molecular formula is C25H24N4O4S. The molecule has 1 aliphatic rings. The number of hydrogen-bond acceptors (Lipinski definition) is 6. The molecule has 0 saturated carbocycles. The number of nitrogens with one attached hydrogen (secondary N) is 2. The third-order valence-corrected chi connectivity index (χ3v) is 6.35. The molecule has 0 atom stereocenters. The number of morpholine rings is 1. The fourth-order valence-electron chi connectivity index (χ4n) is 4.22. The summed E-state index contributed by atoms with van der Waals surface area (Å²) in [6, 6.07) is 16.4. The van der Waals surface area contributed by atoms with Gasteiger partial charge in [0.1, 0.15) is 5.82 Å². The topological polar surface area (TPSA) is 104 Å². The van der Waals surface area contributed by atoms with Crippen molar-refractivity contribution < 1.29 is 17.9 Å². The lowest BCUT2D eigenvalue weighted by atomic mass is 9.96. The number of sulfonamides is 1. The number of benzene rings is 2. The van der Waals surface area contributed by atoms with E-state index in [4.69, 9.17) is 4.74 Å². The molecular weight excluding hydrogens is 452 g/mol. The van der Waals surface area contributed by atoms with Crippen LogP contribution < -0.4 is 9.62 Å². The van der Waals surface area contributed by atoms with E-state index in [-0.39, 0.29) is 5.78 Å². The van der Waals surface area contributed by atoms with Crippen molar-refractivity contribution in [2.24, 2.45) is 0 Å². The van der Waals surface area contributed by atoms with Crippen molar-refractivity contribution in [2.45, 2.75) is 0 Å². The summed E-state index contributed by atoms with van der Waals surface area (Å²) in [5, 5.41) is 0.982. The van der Waals surface area contributed by atoms with Crippen LogP contribution in [0.4, 0.5) is 11.5 Å². The minimum absolute atomic E-state index is 0.212. The van der Waals surface area contributed by atoms with Gasteiger partial charge in [0.2, 0.25) is 10.0 Å². The highest BCUT2D eigenvalue weighted by Crippen LogP contribution is 2.32.